The summed E-state index contributed by atoms with van der Waals surface area (Å²) < 4.78 is 18.6. The molecule has 2 heterocycles. The van der Waals surface area contributed by atoms with Crippen molar-refractivity contribution in [2.75, 3.05) is 13.7 Å². The summed E-state index contributed by atoms with van der Waals surface area (Å²) in [6.07, 6.45) is 1.52. The van der Waals surface area contributed by atoms with Gasteiger partial charge in [0.2, 0.25) is 5.82 Å². The summed E-state index contributed by atoms with van der Waals surface area (Å²) in [4.78, 5) is 28.9. The molecule has 0 saturated carbocycles. The summed E-state index contributed by atoms with van der Waals surface area (Å²) in [6, 6.07) is 19.4. The zero-order valence-corrected chi connectivity index (χ0v) is 21.0. The highest BCUT2D eigenvalue weighted by molar-refractivity contribution is 14.1. The average molecular weight is 595 g/mol. The molecule has 0 atom stereocenters. The minimum Gasteiger partial charge on any atom is -0.496 e. The first-order chi connectivity index (χ1) is 17.4. The number of furan rings is 1. The molecule has 3 aromatic carbocycles. The zero-order valence-electron chi connectivity index (χ0n) is 18.8. The van der Waals surface area contributed by atoms with E-state index in [-0.39, 0.29) is 11.4 Å². The van der Waals surface area contributed by atoms with Crippen molar-refractivity contribution in [3.8, 4) is 23.1 Å². The molecule has 0 radical (unpaired) electrons. The van der Waals surface area contributed by atoms with E-state index in [9.17, 15) is 9.59 Å². The van der Waals surface area contributed by atoms with Gasteiger partial charge in [-0.25, -0.2) is 9.78 Å². The van der Waals surface area contributed by atoms with E-state index in [1.165, 1.54) is 10.9 Å². The molecule has 0 amide bonds. The number of hydrogen-bond acceptors (Lipinski definition) is 7. The van der Waals surface area contributed by atoms with Crippen molar-refractivity contribution in [1.82, 2.24) is 9.66 Å². The Hall–Kier alpha value is -4.19. The van der Waals surface area contributed by atoms with Gasteiger partial charge in [-0.05, 0) is 76.7 Å². The van der Waals surface area contributed by atoms with Crippen molar-refractivity contribution in [2.45, 2.75) is 0 Å². The third kappa shape index (κ3) is 4.54. The Balaban J connectivity index is 1.61. The molecule has 1 N–H and O–H groups in total. The van der Waals surface area contributed by atoms with Gasteiger partial charge < -0.3 is 19.0 Å². The van der Waals surface area contributed by atoms with Crippen LogP contribution in [0.15, 0.2) is 81.0 Å². The Kier molecular flexibility index (Phi) is 6.42. The number of fused-ring (bicyclic) bond motifs is 2. The Morgan fingerprint density at radius 1 is 1.11 bits per heavy atom. The van der Waals surface area contributed by atoms with Crippen LogP contribution in [0.1, 0.15) is 5.56 Å². The highest BCUT2D eigenvalue weighted by Crippen LogP contribution is 2.33. The number of rotatable bonds is 7. The summed E-state index contributed by atoms with van der Waals surface area (Å²) in [5.41, 5.74) is 1.44. The number of hydrogen-bond donors (Lipinski definition) is 1. The molecule has 180 valence electrons. The van der Waals surface area contributed by atoms with E-state index < -0.39 is 12.6 Å². The lowest BCUT2D eigenvalue weighted by molar-refractivity contribution is -0.139. The van der Waals surface area contributed by atoms with Crippen LogP contribution < -0.4 is 15.0 Å². The van der Waals surface area contributed by atoms with Crippen molar-refractivity contribution in [3.63, 3.8) is 0 Å². The number of nitrogens with zero attached hydrogens (tertiary/aromatic N) is 3. The lowest BCUT2D eigenvalue weighted by atomic mass is 10.2. The summed E-state index contributed by atoms with van der Waals surface area (Å²) in [5, 5.41) is 14.4. The number of benzene rings is 3. The molecule has 0 saturated heterocycles. The van der Waals surface area contributed by atoms with Gasteiger partial charge in [0.15, 0.2) is 12.4 Å². The number of methoxy groups -OCH3 is 1. The summed E-state index contributed by atoms with van der Waals surface area (Å²) in [7, 11) is 1.58. The van der Waals surface area contributed by atoms with Crippen molar-refractivity contribution in [2.24, 2.45) is 5.10 Å². The van der Waals surface area contributed by atoms with Gasteiger partial charge in [0.05, 0.1) is 33.2 Å². The molecule has 5 rings (SSSR count). The SMILES string of the molecule is COc1cccc2oc(-c3nc4ccccc4c(=O)n3N=Cc3ccc(OCC(=O)O)c(I)c3)cc12. The molecule has 0 unspecified atom stereocenters. The molecule has 0 fully saturated rings. The van der Waals surface area contributed by atoms with Gasteiger partial charge in [-0.3, -0.25) is 4.79 Å². The maximum absolute atomic E-state index is 13.4. The second kappa shape index (κ2) is 9.82. The lowest BCUT2D eigenvalue weighted by Gasteiger charge is -2.08. The first-order valence-electron chi connectivity index (χ1n) is 10.7. The third-order valence-electron chi connectivity index (χ3n) is 5.34. The Morgan fingerprint density at radius 3 is 2.72 bits per heavy atom. The molecule has 36 heavy (non-hydrogen) atoms. The highest BCUT2D eigenvalue weighted by atomic mass is 127. The van der Waals surface area contributed by atoms with Gasteiger partial charge in [0.25, 0.3) is 5.56 Å². The second-order valence-corrected chi connectivity index (χ2v) is 8.83. The largest absolute Gasteiger partial charge is 0.496 e. The van der Waals surface area contributed by atoms with E-state index in [2.05, 4.69) is 10.1 Å². The van der Waals surface area contributed by atoms with E-state index in [0.29, 0.717) is 42.9 Å². The van der Waals surface area contributed by atoms with Crippen LogP contribution in [-0.2, 0) is 4.79 Å². The quantitative estimate of drug-likeness (QED) is 0.213. The maximum atomic E-state index is 13.4. The molecule has 0 bridgehead atoms. The number of ether oxygens (including phenoxy) is 2. The standard InChI is InChI=1S/C26H18IN3O6/c1-34-20-7-4-8-21-17(20)12-23(36-21)25-29-19-6-3-2-5-16(19)26(33)30(25)28-13-15-9-10-22(18(27)11-15)35-14-24(31)32/h2-13H,14H2,1H3,(H,31,32). The Morgan fingerprint density at radius 2 is 1.94 bits per heavy atom. The van der Waals surface area contributed by atoms with Crippen LogP contribution in [0.3, 0.4) is 0 Å². The van der Waals surface area contributed by atoms with E-state index in [0.717, 1.165) is 5.39 Å². The Labute approximate surface area is 217 Å². The van der Waals surface area contributed by atoms with Crippen LogP contribution in [0.25, 0.3) is 33.5 Å². The molecule has 0 aliphatic rings. The van der Waals surface area contributed by atoms with Crippen LogP contribution in [0.5, 0.6) is 11.5 Å². The second-order valence-electron chi connectivity index (χ2n) is 7.67. The van der Waals surface area contributed by atoms with Gasteiger partial charge in [0.1, 0.15) is 17.1 Å². The van der Waals surface area contributed by atoms with Gasteiger partial charge in [0, 0.05) is 0 Å². The van der Waals surface area contributed by atoms with E-state index in [4.69, 9.17) is 19.0 Å². The smallest absolute Gasteiger partial charge is 0.341 e. The molecule has 0 aliphatic heterocycles. The maximum Gasteiger partial charge on any atom is 0.341 e. The first-order valence-corrected chi connectivity index (χ1v) is 11.8. The predicted molar refractivity (Wildman–Crippen MR) is 143 cm³/mol. The van der Waals surface area contributed by atoms with Gasteiger partial charge in [-0.1, -0.05) is 18.2 Å². The Bertz CT molecular complexity index is 1710. The fourth-order valence-corrected chi connectivity index (χ4v) is 4.39. The molecule has 0 spiro atoms. The fourth-order valence-electron chi connectivity index (χ4n) is 3.69. The number of aliphatic carboxylic acids is 1. The highest BCUT2D eigenvalue weighted by Gasteiger charge is 2.18. The molecular formula is C26H18IN3O6. The van der Waals surface area contributed by atoms with Crippen LogP contribution >= 0.6 is 22.6 Å². The lowest BCUT2D eigenvalue weighted by Crippen LogP contribution is -2.20. The van der Waals surface area contributed by atoms with Crippen molar-refractivity contribution >= 4 is 56.6 Å². The monoisotopic (exact) mass is 595 g/mol. The van der Waals surface area contributed by atoms with Crippen LogP contribution in [0, 0.1) is 3.57 Å². The zero-order chi connectivity index (χ0) is 25.2. The first kappa shape index (κ1) is 23.5. The predicted octanol–water partition coefficient (Wildman–Crippen LogP) is 4.77. The van der Waals surface area contributed by atoms with Crippen LogP contribution in [0.2, 0.25) is 0 Å². The van der Waals surface area contributed by atoms with Gasteiger partial charge >= 0.3 is 5.97 Å². The average Bonchev–Trinajstić information content (AvgIpc) is 3.32. The number of carbonyl (C=O) groups is 1. The van der Waals surface area contributed by atoms with Crippen LogP contribution in [0.4, 0.5) is 0 Å². The number of aromatic nitrogens is 2. The van der Waals surface area contributed by atoms with E-state index in [1.54, 1.807) is 49.6 Å². The summed E-state index contributed by atoms with van der Waals surface area (Å²) >= 11 is 2.05. The molecule has 10 heteroatoms. The molecule has 5 aromatic rings. The normalized spacial score (nSPS) is 11.4. The van der Waals surface area contributed by atoms with E-state index in [1.807, 2.05) is 46.9 Å². The van der Waals surface area contributed by atoms with E-state index >= 15 is 0 Å². The number of halogens is 1. The van der Waals surface area contributed by atoms with Crippen molar-refractivity contribution < 1.29 is 23.8 Å². The number of para-hydroxylation sites is 1. The van der Waals surface area contributed by atoms with Crippen molar-refractivity contribution in [3.05, 3.63) is 86.2 Å². The molecule has 0 aliphatic carbocycles. The third-order valence-corrected chi connectivity index (χ3v) is 6.19. The van der Waals surface area contributed by atoms with Gasteiger partial charge in [-0.2, -0.15) is 9.78 Å². The fraction of sp³-hybridized carbons (Fsp3) is 0.0769. The van der Waals surface area contributed by atoms with Crippen molar-refractivity contribution in [1.29, 1.82) is 0 Å². The summed E-state index contributed by atoms with van der Waals surface area (Å²) in [6.45, 7) is -0.437. The number of carboxylic acid groups (broad SMARTS) is 1. The molecule has 2 aromatic heterocycles. The van der Waals surface area contributed by atoms with Gasteiger partial charge in [-0.15, -0.1) is 0 Å². The molecular weight excluding hydrogens is 577 g/mol. The topological polar surface area (TPSA) is 116 Å². The minimum atomic E-state index is -1.06. The van der Waals surface area contributed by atoms with Crippen LogP contribution in [-0.4, -0.2) is 40.7 Å². The number of carboxylic acids is 1. The summed E-state index contributed by atoms with van der Waals surface area (Å²) in [5.74, 6) is 0.623. The molecule has 9 nitrogen and oxygen atoms in total. The minimum absolute atomic E-state index is 0.240.